The lowest BCUT2D eigenvalue weighted by molar-refractivity contribution is -0.147. The van der Waals surface area contributed by atoms with Crippen molar-refractivity contribution in [1.29, 1.82) is 0 Å². The number of aryl methyl sites for hydroxylation is 1. The third kappa shape index (κ3) is 6.16. The van der Waals surface area contributed by atoms with E-state index in [4.69, 9.17) is 4.74 Å². The molecular formula is C27H30N4O5. The molecule has 3 aromatic rings. The van der Waals surface area contributed by atoms with Crippen molar-refractivity contribution < 1.29 is 19.1 Å². The SMILES string of the molecule is CC(C)CNC(=O)c1ccccc1NC(=O)COC(=O)CCc1nc2ccccc2c(=O)n1C1CC1. The lowest BCUT2D eigenvalue weighted by Gasteiger charge is -2.13. The summed E-state index contributed by atoms with van der Waals surface area (Å²) in [4.78, 5) is 54.8. The maximum Gasteiger partial charge on any atom is 0.306 e. The maximum atomic E-state index is 12.9. The average Bonchev–Trinajstić information content (AvgIpc) is 3.70. The molecule has 4 rings (SSSR count). The van der Waals surface area contributed by atoms with Crippen LogP contribution in [0.1, 0.15) is 55.3 Å². The Bertz CT molecular complexity index is 1340. The Morgan fingerprint density at radius 3 is 2.56 bits per heavy atom. The number of nitrogens with zero attached hydrogens (tertiary/aromatic N) is 2. The highest BCUT2D eigenvalue weighted by Gasteiger charge is 2.28. The second-order valence-electron chi connectivity index (χ2n) is 9.31. The number of benzene rings is 2. The second kappa shape index (κ2) is 11.2. The largest absolute Gasteiger partial charge is 0.456 e. The molecule has 1 aliphatic carbocycles. The van der Waals surface area contributed by atoms with Crippen molar-refractivity contribution >= 4 is 34.4 Å². The van der Waals surface area contributed by atoms with E-state index in [0.29, 0.717) is 40.4 Å². The molecule has 0 saturated heterocycles. The van der Waals surface area contributed by atoms with Crippen LogP contribution in [0.25, 0.3) is 10.9 Å². The van der Waals surface area contributed by atoms with Crippen molar-refractivity contribution in [3.05, 3.63) is 70.3 Å². The van der Waals surface area contributed by atoms with Gasteiger partial charge in [0.2, 0.25) is 0 Å². The molecule has 2 amide bonds. The molecular weight excluding hydrogens is 460 g/mol. The lowest BCUT2D eigenvalue weighted by Crippen LogP contribution is -2.29. The molecule has 188 valence electrons. The molecule has 9 heteroatoms. The normalized spacial score (nSPS) is 13.0. The molecule has 0 aliphatic heterocycles. The third-order valence-corrected chi connectivity index (χ3v) is 5.83. The molecule has 1 aromatic heterocycles. The Kier molecular flexibility index (Phi) is 7.77. The van der Waals surface area contributed by atoms with Crippen LogP contribution in [0.4, 0.5) is 5.69 Å². The summed E-state index contributed by atoms with van der Waals surface area (Å²) >= 11 is 0. The molecule has 1 heterocycles. The van der Waals surface area contributed by atoms with E-state index in [9.17, 15) is 19.2 Å². The average molecular weight is 491 g/mol. The van der Waals surface area contributed by atoms with Crippen LogP contribution in [0.3, 0.4) is 0 Å². The van der Waals surface area contributed by atoms with Gasteiger partial charge >= 0.3 is 5.97 Å². The van der Waals surface area contributed by atoms with E-state index in [0.717, 1.165) is 12.8 Å². The highest BCUT2D eigenvalue weighted by Crippen LogP contribution is 2.34. The smallest absolute Gasteiger partial charge is 0.306 e. The van der Waals surface area contributed by atoms with Crippen molar-refractivity contribution in [3.63, 3.8) is 0 Å². The molecule has 0 spiro atoms. The minimum Gasteiger partial charge on any atom is -0.456 e. The Balaban J connectivity index is 1.33. The van der Waals surface area contributed by atoms with E-state index in [2.05, 4.69) is 15.6 Å². The molecule has 2 N–H and O–H groups in total. The van der Waals surface area contributed by atoms with Crippen LogP contribution in [0.15, 0.2) is 53.3 Å². The summed E-state index contributed by atoms with van der Waals surface area (Å²) in [5.74, 6) is -0.576. The first-order valence-electron chi connectivity index (χ1n) is 12.2. The van der Waals surface area contributed by atoms with Crippen LogP contribution in [-0.2, 0) is 20.7 Å². The summed E-state index contributed by atoms with van der Waals surface area (Å²) in [6, 6.07) is 13.9. The zero-order valence-electron chi connectivity index (χ0n) is 20.5. The standard InChI is InChI=1S/C27H30N4O5/c1-17(2)15-28-26(34)19-7-3-5-9-21(19)30-24(32)16-36-25(33)14-13-23-29-22-10-6-4-8-20(22)27(35)31(23)18-11-12-18/h3-10,17-18H,11-16H2,1-2H3,(H,28,34)(H,30,32). The minimum absolute atomic E-state index is 0.0149. The van der Waals surface area contributed by atoms with Gasteiger partial charge in [-0.15, -0.1) is 0 Å². The summed E-state index contributed by atoms with van der Waals surface area (Å²) in [5.41, 5.74) is 1.17. The van der Waals surface area contributed by atoms with E-state index >= 15 is 0 Å². The van der Waals surface area contributed by atoms with Crippen molar-refractivity contribution in [2.75, 3.05) is 18.5 Å². The topological polar surface area (TPSA) is 119 Å². The summed E-state index contributed by atoms with van der Waals surface area (Å²) in [6.07, 6.45) is 2.04. The Labute approximate surface area is 208 Å². The van der Waals surface area contributed by atoms with Crippen LogP contribution >= 0.6 is 0 Å². The lowest BCUT2D eigenvalue weighted by atomic mass is 10.1. The number of carbonyl (C=O) groups is 3. The summed E-state index contributed by atoms with van der Waals surface area (Å²) < 4.78 is 6.83. The number of hydrogen-bond acceptors (Lipinski definition) is 6. The highest BCUT2D eigenvalue weighted by atomic mass is 16.5. The van der Waals surface area contributed by atoms with Crippen LogP contribution in [0.5, 0.6) is 0 Å². The fraction of sp³-hybridized carbons (Fsp3) is 0.370. The number of ether oxygens (including phenoxy) is 1. The molecule has 0 radical (unpaired) electrons. The van der Waals surface area contributed by atoms with Crippen LogP contribution in [0, 0.1) is 5.92 Å². The molecule has 2 aromatic carbocycles. The first-order valence-corrected chi connectivity index (χ1v) is 12.2. The number of aromatic nitrogens is 2. The maximum absolute atomic E-state index is 12.9. The fourth-order valence-electron chi connectivity index (χ4n) is 3.88. The van der Waals surface area contributed by atoms with Crippen LogP contribution in [-0.4, -0.2) is 40.5 Å². The van der Waals surface area contributed by atoms with Gasteiger partial charge in [-0.25, -0.2) is 4.98 Å². The Morgan fingerprint density at radius 1 is 1.08 bits per heavy atom. The molecule has 1 saturated carbocycles. The van der Waals surface area contributed by atoms with Gasteiger partial charge in [0.1, 0.15) is 5.82 Å². The van der Waals surface area contributed by atoms with E-state index < -0.39 is 18.5 Å². The van der Waals surface area contributed by atoms with Gasteiger partial charge in [-0.1, -0.05) is 38.1 Å². The molecule has 1 aliphatic rings. The van der Waals surface area contributed by atoms with Gasteiger partial charge in [0, 0.05) is 19.0 Å². The van der Waals surface area contributed by atoms with Gasteiger partial charge in [0.15, 0.2) is 6.61 Å². The number of carbonyl (C=O) groups excluding carboxylic acids is 3. The van der Waals surface area contributed by atoms with Gasteiger partial charge in [-0.2, -0.15) is 0 Å². The Morgan fingerprint density at radius 2 is 1.81 bits per heavy atom. The number of para-hydroxylation sites is 2. The van der Waals surface area contributed by atoms with E-state index in [1.807, 2.05) is 19.9 Å². The fourth-order valence-corrected chi connectivity index (χ4v) is 3.88. The number of hydrogen-bond donors (Lipinski definition) is 2. The van der Waals surface area contributed by atoms with Crippen LogP contribution in [0.2, 0.25) is 0 Å². The molecule has 1 fully saturated rings. The summed E-state index contributed by atoms with van der Waals surface area (Å²) in [5, 5.41) is 6.01. The monoisotopic (exact) mass is 490 g/mol. The number of nitrogens with one attached hydrogen (secondary N) is 2. The predicted molar refractivity (Wildman–Crippen MR) is 136 cm³/mol. The number of fused-ring (bicyclic) bond motifs is 1. The van der Waals surface area contributed by atoms with Crippen molar-refractivity contribution in [2.24, 2.45) is 5.92 Å². The third-order valence-electron chi connectivity index (χ3n) is 5.83. The molecule has 36 heavy (non-hydrogen) atoms. The first-order chi connectivity index (χ1) is 17.3. The van der Waals surface area contributed by atoms with Gasteiger partial charge < -0.3 is 15.4 Å². The zero-order valence-corrected chi connectivity index (χ0v) is 20.5. The predicted octanol–water partition coefficient (Wildman–Crippen LogP) is 3.23. The quantitative estimate of drug-likeness (QED) is 0.421. The highest BCUT2D eigenvalue weighted by molar-refractivity contribution is 6.04. The minimum atomic E-state index is -0.571. The van der Waals surface area contributed by atoms with Crippen molar-refractivity contribution in [1.82, 2.24) is 14.9 Å². The first kappa shape index (κ1) is 25.1. The van der Waals surface area contributed by atoms with E-state index in [1.54, 1.807) is 47.0 Å². The molecule has 9 nitrogen and oxygen atoms in total. The molecule has 0 bridgehead atoms. The molecule has 0 atom stereocenters. The Hall–Kier alpha value is -4.01. The summed E-state index contributed by atoms with van der Waals surface area (Å²) in [6.45, 7) is 4.01. The molecule has 0 unspecified atom stereocenters. The second-order valence-corrected chi connectivity index (χ2v) is 9.31. The number of anilines is 1. The zero-order chi connectivity index (χ0) is 25.7. The number of esters is 1. The van der Waals surface area contributed by atoms with Crippen LogP contribution < -0.4 is 16.2 Å². The van der Waals surface area contributed by atoms with Gasteiger partial charge in [-0.3, -0.25) is 23.7 Å². The number of amides is 2. The van der Waals surface area contributed by atoms with E-state index in [1.165, 1.54) is 0 Å². The van der Waals surface area contributed by atoms with Crippen molar-refractivity contribution in [3.8, 4) is 0 Å². The number of rotatable bonds is 10. The van der Waals surface area contributed by atoms with Gasteiger partial charge in [0.05, 0.1) is 28.6 Å². The summed E-state index contributed by atoms with van der Waals surface area (Å²) in [7, 11) is 0. The van der Waals surface area contributed by atoms with E-state index in [-0.39, 0.29) is 30.3 Å². The van der Waals surface area contributed by atoms with Crippen molar-refractivity contribution in [2.45, 2.75) is 45.6 Å². The van der Waals surface area contributed by atoms with Gasteiger partial charge in [-0.05, 0) is 43.0 Å². The van der Waals surface area contributed by atoms with Gasteiger partial charge in [0.25, 0.3) is 17.4 Å².